The van der Waals surface area contributed by atoms with E-state index in [9.17, 15) is 13.2 Å². The van der Waals surface area contributed by atoms with Crippen LogP contribution in [0.4, 0.5) is 13.2 Å². The molecular weight excluding hydrogens is 396 g/mol. The van der Waals surface area contributed by atoms with E-state index in [1.807, 2.05) is 6.07 Å². The smallest absolute Gasteiger partial charge is 0.356 e. The van der Waals surface area contributed by atoms with Crippen molar-refractivity contribution in [2.75, 3.05) is 13.6 Å². The molecule has 0 radical (unpaired) electrons. The maximum atomic E-state index is 12.0. The minimum atomic E-state index is -4.18. The Kier molecular flexibility index (Phi) is 8.76. The minimum Gasteiger partial charge on any atom is -0.356 e. The lowest BCUT2D eigenvalue weighted by Gasteiger charge is -2.13. The molecule has 0 amide bonds. The summed E-state index contributed by atoms with van der Waals surface area (Å²) < 4.78 is 36.0. The van der Waals surface area contributed by atoms with Gasteiger partial charge in [0, 0.05) is 20.1 Å². The number of aliphatic imine (C=N–C) groups is 1. The summed E-state index contributed by atoms with van der Waals surface area (Å²) in [5.41, 5.74) is 1.46. The van der Waals surface area contributed by atoms with Gasteiger partial charge in [0.2, 0.25) is 0 Å². The zero-order valence-corrected chi connectivity index (χ0v) is 13.7. The molecule has 0 aliphatic heterocycles. The molecule has 1 rings (SSSR count). The number of hydrogen-bond donors (Lipinski definition) is 2. The van der Waals surface area contributed by atoms with Gasteiger partial charge in [-0.25, -0.2) is 0 Å². The number of rotatable bonds is 4. The molecule has 0 bridgehead atoms. The Morgan fingerprint density at radius 1 is 1.24 bits per heavy atom. The third-order valence-corrected chi connectivity index (χ3v) is 2.47. The first kappa shape index (κ1) is 19.5. The maximum Gasteiger partial charge on any atom is 0.390 e. The van der Waals surface area contributed by atoms with Gasteiger partial charge in [0.05, 0.1) is 18.1 Å². The topological polar surface area (TPSA) is 60.2 Å². The molecule has 1 aromatic rings. The zero-order valence-electron chi connectivity index (χ0n) is 11.4. The maximum absolute atomic E-state index is 12.0. The van der Waals surface area contributed by atoms with Crippen LogP contribution in [0.15, 0.2) is 29.3 Å². The highest BCUT2D eigenvalue weighted by Crippen LogP contribution is 2.18. The van der Waals surface area contributed by atoms with Crippen LogP contribution in [-0.4, -0.2) is 25.7 Å². The second-order valence-electron chi connectivity index (χ2n) is 4.03. The Hall–Kier alpha value is -1.50. The van der Waals surface area contributed by atoms with Crippen LogP contribution < -0.4 is 10.6 Å². The Balaban J connectivity index is 0.00000400. The molecule has 0 saturated carbocycles. The number of hydrogen-bond acceptors (Lipinski definition) is 2. The predicted octanol–water partition coefficient (Wildman–Crippen LogP) is 2.79. The lowest BCUT2D eigenvalue weighted by Crippen LogP contribution is -2.38. The van der Waals surface area contributed by atoms with Crippen LogP contribution in [0.3, 0.4) is 0 Å². The SMILES string of the molecule is CN=C(NCCC(F)(F)F)NCc1ccc(C#N)cc1.I. The number of benzene rings is 1. The quantitative estimate of drug-likeness (QED) is 0.455. The molecule has 1 aromatic carbocycles. The molecule has 0 aromatic heterocycles. The molecule has 4 nitrogen and oxygen atoms in total. The number of nitrogens with zero attached hydrogens (tertiary/aromatic N) is 2. The van der Waals surface area contributed by atoms with Crippen molar-refractivity contribution < 1.29 is 13.2 Å². The zero-order chi connectivity index (χ0) is 15.0. The van der Waals surface area contributed by atoms with Gasteiger partial charge < -0.3 is 10.6 Å². The lowest BCUT2D eigenvalue weighted by molar-refractivity contribution is -0.132. The first-order chi connectivity index (χ1) is 9.44. The van der Waals surface area contributed by atoms with Gasteiger partial charge in [-0.15, -0.1) is 24.0 Å². The Bertz CT molecular complexity index is 492. The lowest BCUT2D eigenvalue weighted by atomic mass is 10.1. The standard InChI is InChI=1S/C13H15F3N4.HI/c1-18-12(19-7-6-13(14,15)16)20-9-11-4-2-10(8-17)3-5-11;/h2-5H,6-7,9H2,1H3,(H2,18,19,20);1H. The largest absolute Gasteiger partial charge is 0.390 e. The highest BCUT2D eigenvalue weighted by Gasteiger charge is 2.26. The molecule has 0 saturated heterocycles. The van der Waals surface area contributed by atoms with E-state index in [1.54, 1.807) is 24.3 Å². The molecule has 0 unspecified atom stereocenters. The van der Waals surface area contributed by atoms with Gasteiger partial charge in [-0.05, 0) is 17.7 Å². The van der Waals surface area contributed by atoms with Gasteiger partial charge in [-0.1, -0.05) is 12.1 Å². The second kappa shape index (κ2) is 9.44. The van der Waals surface area contributed by atoms with E-state index in [4.69, 9.17) is 5.26 Å². The van der Waals surface area contributed by atoms with Gasteiger partial charge in [-0.2, -0.15) is 18.4 Å². The van der Waals surface area contributed by atoms with Crippen LogP contribution in [0.5, 0.6) is 0 Å². The summed E-state index contributed by atoms with van der Waals surface area (Å²) in [7, 11) is 1.49. The number of nitriles is 1. The van der Waals surface area contributed by atoms with Crippen LogP contribution in [0.25, 0.3) is 0 Å². The van der Waals surface area contributed by atoms with Gasteiger partial charge in [0.1, 0.15) is 0 Å². The number of nitrogens with one attached hydrogen (secondary N) is 2. The van der Waals surface area contributed by atoms with Crippen LogP contribution in [0.2, 0.25) is 0 Å². The Morgan fingerprint density at radius 3 is 2.33 bits per heavy atom. The van der Waals surface area contributed by atoms with E-state index in [0.29, 0.717) is 18.1 Å². The van der Waals surface area contributed by atoms with Gasteiger partial charge in [0.25, 0.3) is 0 Å². The third-order valence-electron chi connectivity index (χ3n) is 2.47. The van der Waals surface area contributed by atoms with Crippen LogP contribution in [0.1, 0.15) is 17.5 Å². The molecule has 0 spiro atoms. The number of guanidine groups is 1. The van der Waals surface area contributed by atoms with Crippen molar-refractivity contribution in [2.45, 2.75) is 19.1 Å². The summed E-state index contributed by atoms with van der Waals surface area (Å²) in [5, 5.41) is 14.1. The highest BCUT2D eigenvalue weighted by molar-refractivity contribution is 14.0. The summed E-state index contributed by atoms with van der Waals surface area (Å²) in [4.78, 5) is 3.83. The number of alkyl halides is 3. The monoisotopic (exact) mass is 412 g/mol. The molecule has 8 heteroatoms. The number of halogens is 4. The van der Waals surface area contributed by atoms with Crippen molar-refractivity contribution in [3.8, 4) is 6.07 Å². The van der Waals surface area contributed by atoms with Crippen molar-refractivity contribution in [3.05, 3.63) is 35.4 Å². The first-order valence-electron chi connectivity index (χ1n) is 5.95. The van der Waals surface area contributed by atoms with Crippen molar-refractivity contribution in [1.29, 1.82) is 5.26 Å². The van der Waals surface area contributed by atoms with Crippen molar-refractivity contribution in [1.82, 2.24) is 10.6 Å². The van der Waals surface area contributed by atoms with E-state index < -0.39 is 12.6 Å². The Morgan fingerprint density at radius 2 is 1.86 bits per heavy atom. The summed E-state index contributed by atoms with van der Waals surface area (Å²) in [6.45, 7) is 0.188. The molecule has 0 fully saturated rings. The highest BCUT2D eigenvalue weighted by atomic mass is 127. The fourth-order valence-electron chi connectivity index (χ4n) is 1.43. The van der Waals surface area contributed by atoms with E-state index in [1.165, 1.54) is 7.05 Å². The first-order valence-corrected chi connectivity index (χ1v) is 5.95. The molecular formula is C13H16F3IN4. The van der Waals surface area contributed by atoms with E-state index >= 15 is 0 Å². The van der Waals surface area contributed by atoms with Crippen molar-refractivity contribution >= 4 is 29.9 Å². The fourth-order valence-corrected chi connectivity index (χ4v) is 1.43. The average molecular weight is 412 g/mol. The van der Waals surface area contributed by atoms with Gasteiger partial charge >= 0.3 is 6.18 Å². The molecule has 0 heterocycles. The molecule has 0 aliphatic rings. The molecule has 21 heavy (non-hydrogen) atoms. The molecule has 0 atom stereocenters. The predicted molar refractivity (Wildman–Crippen MR) is 85.4 cm³/mol. The molecule has 116 valence electrons. The normalized spacial score (nSPS) is 11.3. The fraction of sp³-hybridized carbons (Fsp3) is 0.385. The Labute approximate surface area is 138 Å². The second-order valence-corrected chi connectivity index (χ2v) is 4.03. The van der Waals surface area contributed by atoms with Crippen LogP contribution in [-0.2, 0) is 6.54 Å². The third kappa shape index (κ3) is 8.39. The van der Waals surface area contributed by atoms with Crippen molar-refractivity contribution in [3.63, 3.8) is 0 Å². The van der Waals surface area contributed by atoms with Crippen molar-refractivity contribution in [2.24, 2.45) is 4.99 Å². The van der Waals surface area contributed by atoms with E-state index in [2.05, 4.69) is 15.6 Å². The average Bonchev–Trinajstić information content (AvgIpc) is 2.42. The molecule has 0 aliphatic carbocycles. The van der Waals surface area contributed by atoms with Crippen LogP contribution >= 0.6 is 24.0 Å². The minimum absolute atomic E-state index is 0. The summed E-state index contributed by atoms with van der Waals surface area (Å²) in [6.07, 6.45) is -5.09. The molecule has 2 N–H and O–H groups in total. The summed E-state index contributed by atoms with van der Waals surface area (Å²) in [6, 6.07) is 8.91. The van der Waals surface area contributed by atoms with E-state index in [-0.39, 0.29) is 30.5 Å². The van der Waals surface area contributed by atoms with Gasteiger partial charge in [-0.3, -0.25) is 4.99 Å². The van der Waals surface area contributed by atoms with E-state index in [0.717, 1.165) is 5.56 Å². The summed E-state index contributed by atoms with van der Waals surface area (Å²) >= 11 is 0. The van der Waals surface area contributed by atoms with Gasteiger partial charge in [0.15, 0.2) is 5.96 Å². The summed E-state index contributed by atoms with van der Waals surface area (Å²) in [5.74, 6) is 0.304. The van der Waals surface area contributed by atoms with Crippen LogP contribution in [0, 0.1) is 11.3 Å².